The Hall–Kier alpha value is -3.97. The standard InChI is InChI=1S/C33H34F7N3O3/c1-21(22-17-24(32(35,36)37)19-25(18-22)33(38,39)40)30(46)42-31(23-5-3-2-4-6-23)13-11-28(12-14-31)43(15-16-44)20-29(45)41-27-9-7-26(34)8-10-27/h2-10,17-19,21,28,44H,11-16,20H2,1H3,(H,41,45)(H,42,46)/t21-,28?,31?/m0/s1. The summed E-state index contributed by atoms with van der Waals surface area (Å²) < 4.78 is 94.2. The molecule has 1 atom stereocenters. The van der Waals surface area contributed by atoms with Gasteiger partial charge in [0.25, 0.3) is 0 Å². The van der Waals surface area contributed by atoms with Crippen LogP contribution in [0.25, 0.3) is 0 Å². The molecule has 0 unspecified atom stereocenters. The van der Waals surface area contributed by atoms with E-state index in [0.29, 0.717) is 43.5 Å². The molecule has 2 amide bonds. The summed E-state index contributed by atoms with van der Waals surface area (Å²) >= 11 is 0. The minimum Gasteiger partial charge on any atom is -0.395 e. The van der Waals surface area contributed by atoms with E-state index in [2.05, 4.69) is 10.6 Å². The molecule has 0 spiro atoms. The number of carbonyl (C=O) groups excluding carboxylic acids is 2. The molecule has 3 N–H and O–H groups in total. The normalized spacial score (nSPS) is 19.5. The second kappa shape index (κ2) is 14.2. The Morgan fingerprint density at radius 3 is 2.00 bits per heavy atom. The molecule has 0 radical (unpaired) electrons. The summed E-state index contributed by atoms with van der Waals surface area (Å²) in [5.41, 5.74) is -3.28. The van der Waals surface area contributed by atoms with Crippen LogP contribution in [0.1, 0.15) is 60.8 Å². The molecule has 4 rings (SSSR count). The van der Waals surface area contributed by atoms with Crippen molar-refractivity contribution in [2.24, 2.45) is 0 Å². The van der Waals surface area contributed by atoms with Gasteiger partial charge in [0.1, 0.15) is 5.82 Å². The van der Waals surface area contributed by atoms with Crippen molar-refractivity contribution in [3.63, 3.8) is 0 Å². The highest BCUT2D eigenvalue weighted by Gasteiger charge is 2.42. The number of alkyl halides is 6. The van der Waals surface area contributed by atoms with Crippen LogP contribution in [0.15, 0.2) is 72.8 Å². The molecule has 1 fully saturated rings. The average Bonchev–Trinajstić information content (AvgIpc) is 3.01. The van der Waals surface area contributed by atoms with Crippen molar-refractivity contribution in [1.82, 2.24) is 10.2 Å². The number of halogens is 7. The summed E-state index contributed by atoms with van der Waals surface area (Å²) in [7, 11) is 0. The van der Waals surface area contributed by atoms with E-state index in [4.69, 9.17) is 0 Å². The largest absolute Gasteiger partial charge is 0.416 e. The van der Waals surface area contributed by atoms with E-state index in [0.717, 1.165) is 5.56 Å². The van der Waals surface area contributed by atoms with E-state index in [1.807, 2.05) is 0 Å². The number of amides is 2. The van der Waals surface area contributed by atoms with Gasteiger partial charge in [0.15, 0.2) is 0 Å². The van der Waals surface area contributed by atoms with Gasteiger partial charge in [0.2, 0.25) is 11.8 Å². The van der Waals surface area contributed by atoms with Gasteiger partial charge in [-0.25, -0.2) is 4.39 Å². The topological polar surface area (TPSA) is 81.7 Å². The first-order chi connectivity index (χ1) is 21.6. The van der Waals surface area contributed by atoms with E-state index in [1.165, 1.54) is 31.2 Å². The molecule has 1 saturated carbocycles. The number of hydrogen-bond donors (Lipinski definition) is 3. The second-order valence-corrected chi connectivity index (χ2v) is 11.5. The number of anilines is 1. The molecule has 3 aromatic rings. The van der Waals surface area contributed by atoms with E-state index >= 15 is 0 Å². The van der Waals surface area contributed by atoms with Crippen LogP contribution in [0.2, 0.25) is 0 Å². The van der Waals surface area contributed by atoms with Crippen LogP contribution in [0, 0.1) is 5.82 Å². The number of aliphatic hydroxyl groups is 1. The quantitative estimate of drug-likeness (QED) is 0.209. The third-order valence-corrected chi connectivity index (χ3v) is 8.38. The van der Waals surface area contributed by atoms with Crippen molar-refractivity contribution in [2.75, 3.05) is 25.0 Å². The zero-order valence-corrected chi connectivity index (χ0v) is 24.9. The molecule has 1 aliphatic rings. The summed E-state index contributed by atoms with van der Waals surface area (Å²) in [6.07, 6.45) is -8.50. The molecule has 3 aromatic carbocycles. The monoisotopic (exact) mass is 653 g/mol. The Bertz CT molecular complexity index is 1450. The Kier molecular flexibility index (Phi) is 10.8. The van der Waals surface area contributed by atoms with Gasteiger partial charge < -0.3 is 15.7 Å². The van der Waals surface area contributed by atoms with E-state index in [1.54, 1.807) is 35.2 Å². The molecule has 0 heterocycles. The minimum atomic E-state index is -5.05. The lowest BCUT2D eigenvalue weighted by Gasteiger charge is -2.44. The van der Waals surface area contributed by atoms with Crippen LogP contribution in [-0.2, 0) is 27.5 Å². The molecule has 6 nitrogen and oxygen atoms in total. The lowest BCUT2D eigenvalue weighted by atomic mass is 9.74. The number of aliphatic hydroxyl groups excluding tert-OH is 1. The number of carbonyl (C=O) groups is 2. The second-order valence-electron chi connectivity index (χ2n) is 11.5. The summed E-state index contributed by atoms with van der Waals surface area (Å²) in [6, 6.07) is 15.1. The van der Waals surface area contributed by atoms with E-state index < -0.39 is 52.2 Å². The van der Waals surface area contributed by atoms with Crippen molar-refractivity contribution in [3.8, 4) is 0 Å². The highest BCUT2D eigenvalue weighted by Crippen LogP contribution is 2.41. The summed E-state index contributed by atoms with van der Waals surface area (Å²) in [4.78, 5) is 28.2. The molecule has 248 valence electrons. The Balaban J connectivity index is 1.53. The Morgan fingerprint density at radius 2 is 1.48 bits per heavy atom. The summed E-state index contributed by atoms with van der Waals surface area (Å²) in [5, 5.41) is 15.3. The first-order valence-electron chi connectivity index (χ1n) is 14.7. The third-order valence-electron chi connectivity index (χ3n) is 8.38. The van der Waals surface area contributed by atoms with Gasteiger partial charge in [-0.05, 0) is 86.2 Å². The smallest absolute Gasteiger partial charge is 0.395 e. The molecular weight excluding hydrogens is 619 g/mol. The maximum absolute atomic E-state index is 13.6. The molecule has 0 saturated heterocycles. The lowest BCUT2D eigenvalue weighted by molar-refractivity contribution is -0.143. The molecule has 0 aromatic heterocycles. The van der Waals surface area contributed by atoms with Gasteiger partial charge in [0, 0.05) is 18.3 Å². The molecule has 0 aliphatic heterocycles. The van der Waals surface area contributed by atoms with Crippen LogP contribution in [0.3, 0.4) is 0 Å². The van der Waals surface area contributed by atoms with Gasteiger partial charge in [-0.1, -0.05) is 30.3 Å². The van der Waals surface area contributed by atoms with E-state index in [9.17, 15) is 45.4 Å². The summed E-state index contributed by atoms with van der Waals surface area (Å²) in [5.74, 6) is -2.91. The number of rotatable bonds is 10. The van der Waals surface area contributed by atoms with E-state index in [-0.39, 0.29) is 37.7 Å². The zero-order valence-electron chi connectivity index (χ0n) is 24.9. The van der Waals surface area contributed by atoms with Crippen molar-refractivity contribution in [3.05, 3.63) is 101 Å². The molecular formula is C33H34F7N3O3. The minimum absolute atomic E-state index is 0.0267. The fourth-order valence-corrected chi connectivity index (χ4v) is 5.87. The average molecular weight is 654 g/mol. The maximum atomic E-state index is 13.6. The van der Waals surface area contributed by atoms with Gasteiger partial charge in [-0.15, -0.1) is 0 Å². The van der Waals surface area contributed by atoms with Crippen LogP contribution >= 0.6 is 0 Å². The summed E-state index contributed by atoms with van der Waals surface area (Å²) in [6.45, 7) is 1.15. The lowest BCUT2D eigenvalue weighted by Crippen LogP contribution is -2.53. The first-order valence-corrected chi connectivity index (χ1v) is 14.7. The van der Waals surface area contributed by atoms with Crippen LogP contribution in [0.5, 0.6) is 0 Å². The highest BCUT2D eigenvalue weighted by molar-refractivity contribution is 5.92. The Morgan fingerprint density at radius 1 is 0.913 bits per heavy atom. The van der Waals surface area contributed by atoms with Crippen LogP contribution in [0.4, 0.5) is 36.4 Å². The van der Waals surface area contributed by atoms with Crippen molar-refractivity contribution >= 4 is 17.5 Å². The molecule has 1 aliphatic carbocycles. The van der Waals surface area contributed by atoms with Crippen molar-refractivity contribution < 1.29 is 45.4 Å². The number of nitrogens with one attached hydrogen (secondary N) is 2. The fraction of sp³-hybridized carbons (Fsp3) is 0.394. The van der Waals surface area contributed by atoms with Gasteiger partial charge in [0.05, 0.1) is 35.7 Å². The van der Waals surface area contributed by atoms with Gasteiger partial charge >= 0.3 is 12.4 Å². The zero-order chi connectivity index (χ0) is 33.7. The molecule has 0 bridgehead atoms. The third kappa shape index (κ3) is 8.64. The molecule has 46 heavy (non-hydrogen) atoms. The maximum Gasteiger partial charge on any atom is 0.416 e. The predicted molar refractivity (Wildman–Crippen MR) is 157 cm³/mol. The number of hydrogen-bond acceptors (Lipinski definition) is 4. The van der Waals surface area contributed by atoms with Crippen LogP contribution < -0.4 is 10.6 Å². The first kappa shape index (κ1) is 34.9. The van der Waals surface area contributed by atoms with Crippen LogP contribution in [-0.4, -0.2) is 47.6 Å². The predicted octanol–water partition coefficient (Wildman–Crippen LogP) is 6.85. The number of nitrogens with zero attached hydrogens (tertiary/aromatic N) is 1. The molecule has 13 heteroatoms. The van der Waals surface area contributed by atoms with Gasteiger partial charge in [-0.3, -0.25) is 14.5 Å². The van der Waals surface area contributed by atoms with Crippen molar-refractivity contribution in [2.45, 2.75) is 62.5 Å². The fourth-order valence-electron chi connectivity index (χ4n) is 5.87. The Labute approximate surface area is 261 Å². The highest BCUT2D eigenvalue weighted by atomic mass is 19.4. The SMILES string of the molecule is C[C@H](C(=O)NC1(c2ccccc2)CCC(N(CCO)CC(=O)Nc2ccc(F)cc2)CC1)c1cc(C(F)(F)F)cc(C(F)(F)F)c1. The number of benzene rings is 3. The van der Waals surface area contributed by atoms with Gasteiger partial charge in [-0.2, -0.15) is 26.3 Å². The van der Waals surface area contributed by atoms with Crippen molar-refractivity contribution in [1.29, 1.82) is 0 Å².